The number of ether oxygens (including phenoxy) is 1. The molecule has 0 aliphatic carbocycles. The van der Waals surface area contributed by atoms with Crippen LogP contribution in [-0.2, 0) is 0 Å². The van der Waals surface area contributed by atoms with E-state index in [1.807, 2.05) is 6.07 Å². The summed E-state index contributed by atoms with van der Waals surface area (Å²) in [5, 5.41) is 3.56. The van der Waals surface area contributed by atoms with E-state index < -0.39 is 0 Å². The summed E-state index contributed by atoms with van der Waals surface area (Å²) in [6, 6.07) is 6.65. The highest BCUT2D eigenvalue weighted by Gasteiger charge is 2.10. The van der Waals surface area contributed by atoms with Crippen molar-refractivity contribution in [3.63, 3.8) is 0 Å². The molecule has 0 fully saturated rings. The van der Waals surface area contributed by atoms with Gasteiger partial charge in [-0.05, 0) is 43.5 Å². The number of rotatable bonds is 5. The van der Waals surface area contributed by atoms with Gasteiger partial charge in [0.25, 0.3) is 0 Å². The lowest BCUT2D eigenvalue weighted by Crippen LogP contribution is -2.23. The zero-order valence-electron chi connectivity index (χ0n) is 11.0. The minimum atomic E-state index is 0.497. The van der Waals surface area contributed by atoms with Crippen molar-refractivity contribution in [2.75, 3.05) is 12.4 Å². The van der Waals surface area contributed by atoms with Crippen LogP contribution in [-0.4, -0.2) is 13.2 Å². The van der Waals surface area contributed by atoms with Gasteiger partial charge in [-0.1, -0.05) is 20.3 Å². The molecule has 1 aromatic carbocycles. The van der Waals surface area contributed by atoms with Gasteiger partial charge in [0, 0.05) is 11.7 Å². The molecule has 0 amide bonds. The molecule has 0 aliphatic heterocycles. The first-order valence-corrected chi connectivity index (χ1v) is 5.99. The lowest BCUT2D eigenvalue weighted by atomic mass is 10.0. The summed E-state index contributed by atoms with van der Waals surface area (Å²) in [5.41, 5.74) is 2.43. The average Bonchev–Trinajstić information content (AvgIpc) is 2.30. The van der Waals surface area contributed by atoms with E-state index in [4.69, 9.17) is 4.74 Å². The van der Waals surface area contributed by atoms with Crippen molar-refractivity contribution in [1.29, 1.82) is 0 Å². The third kappa shape index (κ3) is 3.16. The van der Waals surface area contributed by atoms with Crippen LogP contribution in [0.1, 0.15) is 32.8 Å². The standard InChI is InChI=1S/C14H23NO/c1-6-10(2)12(4)15-14-8-7-13(16-5)9-11(14)3/h7-10,12,15H,6H2,1-5H3. The average molecular weight is 221 g/mol. The number of hydrogen-bond acceptors (Lipinski definition) is 2. The van der Waals surface area contributed by atoms with Crippen LogP contribution in [0.2, 0.25) is 0 Å². The van der Waals surface area contributed by atoms with E-state index in [9.17, 15) is 0 Å². The maximum absolute atomic E-state index is 5.20. The Bertz CT molecular complexity index is 336. The van der Waals surface area contributed by atoms with Crippen molar-refractivity contribution >= 4 is 5.69 Å². The summed E-state index contributed by atoms with van der Waals surface area (Å²) in [6.07, 6.45) is 1.20. The molecular weight excluding hydrogens is 198 g/mol. The van der Waals surface area contributed by atoms with Gasteiger partial charge in [-0.25, -0.2) is 0 Å². The highest BCUT2D eigenvalue weighted by atomic mass is 16.5. The molecule has 0 spiro atoms. The minimum Gasteiger partial charge on any atom is -0.497 e. The topological polar surface area (TPSA) is 21.3 Å². The van der Waals surface area contributed by atoms with E-state index in [1.165, 1.54) is 17.7 Å². The quantitative estimate of drug-likeness (QED) is 0.815. The summed E-state index contributed by atoms with van der Waals surface area (Å²) < 4.78 is 5.20. The molecule has 90 valence electrons. The molecule has 0 saturated heterocycles. The molecule has 2 atom stereocenters. The van der Waals surface area contributed by atoms with Gasteiger partial charge >= 0.3 is 0 Å². The van der Waals surface area contributed by atoms with Gasteiger partial charge in [-0.15, -0.1) is 0 Å². The Morgan fingerprint density at radius 1 is 1.31 bits per heavy atom. The molecule has 0 radical (unpaired) electrons. The zero-order chi connectivity index (χ0) is 12.1. The molecule has 1 aromatic rings. The van der Waals surface area contributed by atoms with Gasteiger partial charge in [0.05, 0.1) is 7.11 Å². The first-order valence-electron chi connectivity index (χ1n) is 5.99. The third-order valence-corrected chi connectivity index (χ3v) is 3.31. The zero-order valence-corrected chi connectivity index (χ0v) is 11.0. The molecule has 0 saturated carbocycles. The second kappa shape index (κ2) is 5.78. The molecule has 0 bridgehead atoms. The number of hydrogen-bond donors (Lipinski definition) is 1. The van der Waals surface area contributed by atoms with Crippen molar-refractivity contribution in [2.45, 2.75) is 40.2 Å². The number of benzene rings is 1. The van der Waals surface area contributed by atoms with Crippen LogP contribution in [0.25, 0.3) is 0 Å². The van der Waals surface area contributed by atoms with Gasteiger partial charge in [0.15, 0.2) is 0 Å². The first kappa shape index (κ1) is 12.9. The Kier molecular flexibility index (Phi) is 4.66. The maximum atomic E-state index is 5.20. The van der Waals surface area contributed by atoms with E-state index in [-0.39, 0.29) is 0 Å². The predicted molar refractivity (Wildman–Crippen MR) is 70.3 cm³/mol. The van der Waals surface area contributed by atoms with Gasteiger partial charge in [0.2, 0.25) is 0 Å². The van der Waals surface area contributed by atoms with E-state index in [0.717, 1.165) is 5.75 Å². The van der Waals surface area contributed by atoms with Crippen LogP contribution >= 0.6 is 0 Å². The second-order valence-electron chi connectivity index (χ2n) is 4.50. The smallest absolute Gasteiger partial charge is 0.119 e. The Balaban J connectivity index is 2.74. The first-order chi connectivity index (χ1) is 7.58. The van der Waals surface area contributed by atoms with Crippen molar-refractivity contribution in [2.24, 2.45) is 5.92 Å². The van der Waals surface area contributed by atoms with Crippen LogP contribution in [0.4, 0.5) is 5.69 Å². The molecule has 0 aromatic heterocycles. The summed E-state index contributed by atoms with van der Waals surface area (Å²) in [6.45, 7) is 8.84. The maximum Gasteiger partial charge on any atom is 0.119 e. The molecule has 2 heteroatoms. The second-order valence-corrected chi connectivity index (χ2v) is 4.50. The Morgan fingerprint density at radius 3 is 2.50 bits per heavy atom. The minimum absolute atomic E-state index is 0.497. The Morgan fingerprint density at radius 2 is 2.00 bits per heavy atom. The van der Waals surface area contributed by atoms with Gasteiger partial charge in [-0.3, -0.25) is 0 Å². The molecule has 0 heterocycles. The third-order valence-electron chi connectivity index (χ3n) is 3.31. The Labute approximate surface area is 99.0 Å². The van der Waals surface area contributed by atoms with Crippen molar-refractivity contribution < 1.29 is 4.74 Å². The van der Waals surface area contributed by atoms with Crippen molar-refractivity contribution in [3.05, 3.63) is 23.8 Å². The van der Waals surface area contributed by atoms with Crippen LogP contribution in [0.15, 0.2) is 18.2 Å². The number of nitrogens with one attached hydrogen (secondary N) is 1. The molecule has 16 heavy (non-hydrogen) atoms. The Hall–Kier alpha value is -1.18. The summed E-state index contributed by atoms with van der Waals surface area (Å²) >= 11 is 0. The van der Waals surface area contributed by atoms with Crippen molar-refractivity contribution in [3.8, 4) is 5.75 Å². The monoisotopic (exact) mass is 221 g/mol. The van der Waals surface area contributed by atoms with Crippen LogP contribution in [0.3, 0.4) is 0 Å². The summed E-state index contributed by atoms with van der Waals surface area (Å²) in [5.74, 6) is 1.60. The van der Waals surface area contributed by atoms with E-state index in [2.05, 4.69) is 45.1 Å². The van der Waals surface area contributed by atoms with Crippen LogP contribution in [0.5, 0.6) is 5.75 Å². The van der Waals surface area contributed by atoms with Crippen molar-refractivity contribution in [1.82, 2.24) is 0 Å². The number of anilines is 1. The van der Waals surface area contributed by atoms with Gasteiger partial charge in [-0.2, -0.15) is 0 Å². The fourth-order valence-corrected chi connectivity index (χ4v) is 1.67. The predicted octanol–water partition coefficient (Wildman–Crippen LogP) is 3.85. The fourth-order valence-electron chi connectivity index (χ4n) is 1.67. The van der Waals surface area contributed by atoms with Gasteiger partial charge in [0.1, 0.15) is 5.75 Å². The molecule has 2 nitrogen and oxygen atoms in total. The molecule has 1 rings (SSSR count). The summed E-state index contributed by atoms with van der Waals surface area (Å²) in [7, 11) is 1.70. The molecule has 0 aliphatic rings. The van der Waals surface area contributed by atoms with E-state index in [0.29, 0.717) is 12.0 Å². The normalized spacial score (nSPS) is 14.3. The van der Waals surface area contributed by atoms with E-state index in [1.54, 1.807) is 7.11 Å². The van der Waals surface area contributed by atoms with Crippen LogP contribution in [0, 0.1) is 12.8 Å². The molecule has 1 N–H and O–H groups in total. The summed E-state index contributed by atoms with van der Waals surface area (Å²) in [4.78, 5) is 0. The highest BCUT2D eigenvalue weighted by Crippen LogP contribution is 2.23. The van der Waals surface area contributed by atoms with E-state index >= 15 is 0 Å². The fraction of sp³-hybridized carbons (Fsp3) is 0.571. The van der Waals surface area contributed by atoms with Crippen LogP contribution < -0.4 is 10.1 Å². The molecule has 2 unspecified atom stereocenters. The number of methoxy groups -OCH3 is 1. The lowest BCUT2D eigenvalue weighted by Gasteiger charge is -2.22. The molecular formula is C14H23NO. The highest BCUT2D eigenvalue weighted by molar-refractivity contribution is 5.54. The SMILES string of the molecule is CCC(C)C(C)Nc1ccc(OC)cc1C. The largest absolute Gasteiger partial charge is 0.497 e. The number of aryl methyl sites for hydroxylation is 1. The lowest BCUT2D eigenvalue weighted by molar-refractivity contribution is 0.414. The van der Waals surface area contributed by atoms with Gasteiger partial charge < -0.3 is 10.1 Å².